The third kappa shape index (κ3) is 4.73. The largest absolute Gasteiger partial charge is 1.00 e. The van der Waals surface area contributed by atoms with Gasteiger partial charge in [-0.1, -0.05) is 24.3 Å². The Morgan fingerprint density at radius 2 is 1.10 bits per heavy atom. The Morgan fingerprint density at radius 3 is 1.53 bits per heavy atom. The van der Waals surface area contributed by atoms with Crippen LogP contribution in [0.15, 0.2) is 84.9 Å². The Kier molecular flexibility index (Phi) is 6.60. The van der Waals surface area contributed by atoms with Crippen LogP contribution in [0.3, 0.4) is 0 Å². The number of rotatable bonds is 4. The van der Waals surface area contributed by atoms with Crippen molar-refractivity contribution >= 4 is 28.4 Å². The Bertz CT molecular complexity index is 1090. The number of nitrogen functional groups attached to an aromatic ring is 2. The fourth-order valence-corrected chi connectivity index (χ4v) is 4.39. The van der Waals surface area contributed by atoms with Gasteiger partial charge in [-0.05, 0) is 59.7 Å². The quantitative estimate of drug-likeness (QED) is 0.383. The van der Waals surface area contributed by atoms with Crippen LogP contribution in [-0.4, -0.2) is 14.1 Å². The Morgan fingerprint density at radius 1 is 0.600 bits per heavy atom. The van der Waals surface area contributed by atoms with Crippen LogP contribution in [0, 0.1) is 0 Å². The van der Waals surface area contributed by atoms with Crippen LogP contribution in [0.4, 0.5) is 17.1 Å². The van der Waals surface area contributed by atoms with E-state index in [0.717, 1.165) is 22.5 Å². The molecule has 0 atom stereocenters. The SMILES string of the molecule is CN(C)c1ccc(-c2cc(-c3cccc(N)c3)[s+]c(-c3cccc(N)c3)c2)cc1.[Cl-]. The van der Waals surface area contributed by atoms with E-state index in [1.54, 1.807) is 11.3 Å². The average Bonchev–Trinajstić information content (AvgIpc) is 2.73. The fraction of sp³-hybridized carbons (Fsp3) is 0.0800. The predicted molar refractivity (Wildman–Crippen MR) is 128 cm³/mol. The van der Waals surface area contributed by atoms with Gasteiger partial charge in [-0.15, -0.1) is 0 Å². The van der Waals surface area contributed by atoms with E-state index in [2.05, 4.69) is 67.5 Å². The van der Waals surface area contributed by atoms with Gasteiger partial charge in [-0.3, -0.25) is 0 Å². The summed E-state index contributed by atoms with van der Waals surface area (Å²) in [6.07, 6.45) is 0. The van der Waals surface area contributed by atoms with Gasteiger partial charge in [0.05, 0.1) is 0 Å². The standard InChI is InChI=1S/C25H24N3S.ClH/c1-28(2)23-11-9-17(10-12-23)20-15-24(18-5-3-7-21(26)13-18)29-25(16-20)19-6-4-8-22(27)14-19;/h3-16H,26-27H2,1-2H3;1H/q+1;/p-1. The van der Waals surface area contributed by atoms with Crippen molar-refractivity contribution in [1.29, 1.82) is 0 Å². The Labute approximate surface area is 188 Å². The number of nitrogens with two attached hydrogens (primary N) is 2. The van der Waals surface area contributed by atoms with E-state index in [0.29, 0.717) is 0 Å². The summed E-state index contributed by atoms with van der Waals surface area (Å²) in [6.45, 7) is 0. The highest BCUT2D eigenvalue weighted by atomic mass is 35.5. The second kappa shape index (κ2) is 9.16. The van der Waals surface area contributed by atoms with Crippen molar-refractivity contribution in [3.63, 3.8) is 0 Å². The molecule has 5 heteroatoms. The number of halogens is 1. The lowest BCUT2D eigenvalue weighted by Crippen LogP contribution is -3.00. The van der Waals surface area contributed by atoms with Crippen molar-refractivity contribution in [3.8, 4) is 32.0 Å². The molecule has 0 aliphatic carbocycles. The lowest BCUT2D eigenvalue weighted by Gasteiger charge is -2.12. The first-order valence-electron chi connectivity index (χ1n) is 9.47. The molecular formula is C25H24ClN3S. The van der Waals surface area contributed by atoms with Crippen molar-refractivity contribution < 1.29 is 12.4 Å². The van der Waals surface area contributed by atoms with Crippen molar-refractivity contribution in [1.82, 2.24) is 0 Å². The minimum Gasteiger partial charge on any atom is -1.00 e. The van der Waals surface area contributed by atoms with Crippen molar-refractivity contribution in [2.45, 2.75) is 0 Å². The lowest BCUT2D eigenvalue weighted by molar-refractivity contribution is -0.00000568. The van der Waals surface area contributed by atoms with Crippen molar-refractivity contribution in [3.05, 3.63) is 84.9 Å². The molecule has 3 nitrogen and oxygen atoms in total. The summed E-state index contributed by atoms with van der Waals surface area (Å²) in [5, 5.41) is 0. The third-order valence-electron chi connectivity index (χ3n) is 4.85. The minimum atomic E-state index is 0. The summed E-state index contributed by atoms with van der Waals surface area (Å²) >= 11 is 1.74. The van der Waals surface area contributed by atoms with Crippen LogP contribution in [0.5, 0.6) is 0 Å². The smallest absolute Gasteiger partial charge is 0.239 e. The summed E-state index contributed by atoms with van der Waals surface area (Å²) in [6, 6.07) is 29.2. The van der Waals surface area contributed by atoms with Gasteiger partial charge in [0, 0.05) is 54.4 Å². The van der Waals surface area contributed by atoms with Crippen molar-refractivity contribution in [2.75, 3.05) is 30.5 Å². The summed E-state index contributed by atoms with van der Waals surface area (Å²) in [5.41, 5.74) is 19.4. The second-order valence-corrected chi connectivity index (χ2v) is 8.35. The zero-order valence-corrected chi connectivity index (χ0v) is 18.5. The highest BCUT2D eigenvalue weighted by molar-refractivity contribution is 7.18. The zero-order valence-electron chi connectivity index (χ0n) is 17.0. The molecule has 0 unspecified atom stereocenters. The summed E-state index contributed by atoms with van der Waals surface area (Å²) < 4.78 is 0. The van der Waals surface area contributed by atoms with Crippen LogP contribution in [0.2, 0.25) is 0 Å². The van der Waals surface area contributed by atoms with E-state index >= 15 is 0 Å². The van der Waals surface area contributed by atoms with E-state index in [9.17, 15) is 0 Å². The van der Waals surface area contributed by atoms with Gasteiger partial charge in [0.15, 0.2) is 0 Å². The molecule has 0 radical (unpaired) electrons. The number of anilines is 3. The van der Waals surface area contributed by atoms with E-state index in [1.807, 2.05) is 36.4 Å². The molecule has 0 saturated heterocycles. The molecule has 0 aliphatic heterocycles. The van der Waals surface area contributed by atoms with Gasteiger partial charge in [0.2, 0.25) is 21.1 Å². The molecule has 4 rings (SSSR count). The highest BCUT2D eigenvalue weighted by Gasteiger charge is 2.19. The molecule has 1 heterocycles. The molecule has 0 saturated carbocycles. The normalized spacial score (nSPS) is 10.3. The molecular weight excluding hydrogens is 410 g/mol. The molecule has 0 amide bonds. The molecule has 152 valence electrons. The molecule has 30 heavy (non-hydrogen) atoms. The van der Waals surface area contributed by atoms with E-state index in [-0.39, 0.29) is 12.4 Å². The summed E-state index contributed by atoms with van der Waals surface area (Å²) in [4.78, 5) is 4.44. The van der Waals surface area contributed by atoms with Gasteiger partial charge in [-0.25, -0.2) is 0 Å². The summed E-state index contributed by atoms with van der Waals surface area (Å²) in [5.74, 6) is 0. The van der Waals surface area contributed by atoms with Gasteiger partial charge >= 0.3 is 0 Å². The molecule has 0 aliphatic rings. The molecule has 3 aromatic carbocycles. The highest BCUT2D eigenvalue weighted by Crippen LogP contribution is 2.38. The molecule has 4 aromatic rings. The maximum absolute atomic E-state index is 6.04. The van der Waals surface area contributed by atoms with Crippen LogP contribution < -0.4 is 28.8 Å². The Balaban J connectivity index is 0.00000256. The first-order valence-corrected chi connectivity index (χ1v) is 10.3. The monoisotopic (exact) mass is 433 g/mol. The van der Waals surface area contributed by atoms with Crippen LogP contribution >= 0.6 is 11.3 Å². The first-order chi connectivity index (χ1) is 14.0. The average molecular weight is 434 g/mol. The van der Waals surface area contributed by atoms with E-state index in [1.165, 1.54) is 26.6 Å². The lowest BCUT2D eigenvalue weighted by atomic mass is 10.0. The first kappa shape index (κ1) is 21.6. The topological polar surface area (TPSA) is 55.3 Å². The maximum atomic E-state index is 6.04. The Hall–Kier alpha value is -3.08. The number of hydrogen-bond acceptors (Lipinski definition) is 3. The van der Waals surface area contributed by atoms with Crippen LogP contribution in [0.25, 0.3) is 32.0 Å². The fourth-order valence-electron chi connectivity index (χ4n) is 3.29. The maximum Gasteiger partial charge on any atom is 0.239 e. The second-order valence-electron chi connectivity index (χ2n) is 7.27. The van der Waals surface area contributed by atoms with Crippen LogP contribution in [-0.2, 0) is 0 Å². The van der Waals surface area contributed by atoms with Gasteiger partial charge in [-0.2, -0.15) is 0 Å². The zero-order chi connectivity index (χ0) is 20.4. The van der Waals surface area contributed by atoms with Gasteiger partial charge in [0.25, 0.3) is 0 Å². The van der Waals surface area contributed by atoms with Gasteiger partial charge < -0.3 is 28.8 Å². The molecule has 1 aromatic heterocycles. The molecule has 0 bridgehead atoms. The summed E-state index contributed by atoms with van der Waals surface area (Å²) in [7, 11) is 4.10. The van der Waals surface area contributed by atoms with Crippen molar-refractivity contribution in [2.24, 2.45) is 0 Å². The van der Waals surface area contributed by atoms with Crippen LogP contribution in [0.1, 0.15) is 0 Å². The van der Waals surface area contributed by atoms with Gasteiger partial charge in [0.1, 0.15) is 0 Å². The molecule has 4 N–H and O–H groups in total. The minimum absolute atomic E-state index is 0. The number of nitrogens with zero attached hydrogens (tertiary/aromatic N) is 1. The van der Waals surface area contributed by atoms with E-state index in [4.69, 9.17) is 11.5 Å². The van der Waals surface area contributed by atoms with E-state index < -0.39 is 0 Å². The third-order valence-corrected chi connectivity index (χ3v) is 6.00. The predicted octanol–water partition coefficient (Wildman–Crippen LogP) is 3.26. The number of benzene rings is 3. The molecule has 0 fully saturated rings. The molecule has 0 spiro atoms. The number of hydrogen-bond donors (Lipinski definition) is 2.